The van der Waals surface area contributed by atoms with Crippen molar-refractivity contribution in [1.29, 1.82) is 0 Å². The van der Waals surface area contributed by atoms with Gasteiger partial charge in [-0.25, -0.2) is 18.6 Å². The molecule has 3 amide bonds. The Morgan fingerprint density at radius 3 is 2.44 bits per heavy atom. The lowest BCUT2D eigenvalue weighted by Gasteiger charge is -2.50. The van der Waals surface area contributed by atoms with E-state index >= 15 is 4.39 Å². The van der Waals surface area contributed by atoms with E-state index in [1.165, 1.54) is 31.0 Å². The Hall–Kier alpha value is -4.83. The first-order chi connectivity index (χ1) is 25.8. The number of ether oxygens (including phenoxy) is 1. The number of likely N-dealkylation sites (N-methyl/N-ethyl adjacent to an activating group) is 1. The van der Waals surface area contributed by atoms with Crippen LogP contribution in [-0.4, -0.2) is 122 Å². The predicted octanol–water partition coefficient (Wildman–Crippen LogP) is 4.73. The van der Waals surface area contributed by atoms with E-state index < -0.39 is 60.1 Å². The molecule has 0 N–H and O–H groups in total. The van der Waals surface area contributed by atoms with E-state index in [0.29, 0.717) is 39.3 Å². The second-order valence-electron chi connectivity index (χ2n) is 14.4. The summed E-state index contributed by atoms with van der Waals surface area (Å²) in [5, 5.41) is 0. The van der Waals surface area contributed by atoms with Gasteiger partial charge in [0.2, 0.25) is 11.8 Å². The highest BCUT2D eigenvalue weighted by atomic mass is 19.4. The summed E-state index contributed by atoms with van der Waals surface area (Å²) >= 11 is 0. The van der Waals surface area contributed by atoms with Gasteiger partial charge in [0.1, 0.15) is 31.0 Å². The first kappa shape index (κ1) is 37.5. The van der Waals surface area contributed by atoms with Gasteiger partial charge in [-0.05, 0) is 36.8 Å². The number of para-hydroxylation sites is 1. The Labute approximate surface area is 309 Å². The van der Waals surface area contributed by atoms with E-state index in [1.54, 1.807) is 15.9 Å². The molecule has 0 unspecified atom stereocenters. The molecule has 4 aliphatic rings. The van der Waals surface area contributed by atoms with Crippen molar-refractivity contribution >= 4 is 35.1 Å². The van der Waals surface area contributed by atoms with E-state index in [4.69, 9.17) is 4.74 Å². The fourth-order valence-electron chi connectivity index (χ4n) is 8.11. The molecule has 288 valence electrons. The summed E-state index contributed by atoms with van der Waals surface area (Å²) in [5.74, 6) is -2.62. The number of alkyl halides is 4. The van der Waals surface area contributed by atoms with Crippen LogP contribution in [0.2, 0.25) is 0 Å². The number of rotatable bonds is 8. The number of aromatic nitrogens is 1. The molecule has 0 spiro atoms. The minimum atomic E-state index is -4.69. The number of aryl methyl sites for hydroxylation is 1. The average Bonchev–Trinajstić information content (AvgIpc) is 3.45. The van der Waals surface area contributed by atoms with Gasteiger partial charge in [-0.1, -0.05) is 36.4 Å². The molecular weight excluding hydrogens is 713 g/mol. The van der Waals surface area contributed by atoms with Crippen LogP contribution in [0, 0.1) is 18.7 Å². The molecular formula is C38H42F5N7O4. The number of piperazine rings is 1. The van der Waals surface area contributed by atoms with Gasteiger partial charge in [0.25, 0.3) is 0 Å². The third-order valence-corrected chi connectivity index (χ3v) is 10.9. The summed E-state index contributed by atoms with van der Waals surface area (Å²) in [5.41, 5.74) is 0.387. The highest BCUT2D eigenvalue weighted by molar-refractivity contribution is 6.10. The van der Waals surface area contributed by atoms with Gasteiger partial charge >= 0.3 is 12.3 Å². The third kappa shape index (κ3) is 7.45. The highest BCUT2D eigenvalue weighted by Crippen LogP contribution is 2.41. The number of benzene rings is 2. The second-order valence-corrected chi connectivity index (χ2v) is 14.4. The molecule has 3 fully saturated rings. The van der Waals surface area contributed by atoms with E-state index in [9.17, 15) is 31.9 Å². The van der Waals surface area contributed by atoms with E-state index in [2.05, 4.69) is 14.8 Å². The Bertz CT molecular complexity index is 1880. The quantitative estimate of drug-likeness (QED) is 0.305. The summed E-state index contributed by atoms with van der Waals surface area (Å²) in [7, 11) is 1.46. The van der Waals surface area contributed by atoms with Crippen LogP contribution in [0.3, 0.4) is 0 Å². The van der Waals surface area contributed by atoms with Crippen LogP contribution in [0.5, 0.6) is 0 Å². The van der Waals surface area contributed by atoms with E-state index in [0.717, 1.165) is 22.6 Å². The largest absolute Gasteiger partial charge is 0.445 e. The van der Waals surface area contributed by atoms with Gasteiger partial charge < -0.3 is 19.4 Å². The Kier molecular flexibility index (Phi) is 10.5. The topological polar surface area (TPSA) is 92.8 Å². The van der Waals surface area contributed by atoms with Gasteiger partial charge in [0.05, 0.1) is 23.0 Å². The first-order valence-corrected chi connectivity index (χ1v) is 18.0. The second kappa shape index (κ2) is 15.1. The number of carbonyl (C=O) groups is 3. The third-order valence-electron chi connectivity index (χ3n) is 10.9. The van der Waals surface area contributed by atoms with Crippen molar-refractivity contribution in [2.24, 2.45) is 5.92 Å². The molecule has 5 heterocycles. The number of hydrogen-bond acceptors (Lipinski definition) is 8. The SMILES string of the molecule is Cc1cc(C(F)(F)F)cc(N2C(=O)C[C@@H]3CN(CCN4CCN(C5CN(C(=O)OCc6ccccc6)C5)[C@@H](CF)C4)c4c(F)cccc4N(C)C(=O)[C@H]32)n1. The highest BCUT2D eigenvalue weighted by Gasteiger charge is 2.50. The summed E-state index contributed by atoms with van der Waals surface area (Å²) < 4.78 is 77.0. The molecule has 7 rings (SSSR count). The molecule has 2 aromatic carbocycles. The normalized spacial score (nSPS) is 22.8. The Morgan fingerprint density at radius 1 is 0.963 bits per heavy atom. The smallest absolute Gasteiger partial charge is 0.416 e. The lowest BCUT2D eigenvalue weighted by atomic mass is 9.95. The Morgan fingerprint density at radius 2 is 1.72 bits per heavy atom. The van der Waals surface area contributed by atoms with Gasteiger partial charge in [-0.2, -0.15) is 13.2 Å². The average molecular weight is 756 g/mol. The molecule has 0 aliphatic carbocycles. The number of carbonyl (C=O) groups excluding carboxylic acids is 3. The molecule has 4 aliphatic heterocycles. The van der Waals surface area contributed by atoms with Crippen molar-refractivity contribution in [3.05, 3.63) is 83.3 Å². The maximum Gasteiger partial charge on any atom is 0.416 e. The number of nitrogens with zero attached hydrogens (tertiary/aromatic N) is 7. The van der Waals surface area contributed by atoms with Crippen molar-refractivity contribution in [3.63, 3.8) is 0 Å². The summed E-state index contributed by atoms with van der Waals surface area (Å²) in [6.07, 6.45) is -5.25. The summed E-state index contributed by atoms with van der Waals surface area (Å²) in [6.45, 7) is 4.18. The Balaban J connectivity index is 1.03. The van der Waals surface area contributed by atoms with Crippen LogP contribution in [0.4, 0.5) is 43.9 Å². The number of amides is 3. The minimum Gasteiger partial charge on any atom is -0.445 e. The van der Waals surface area contributed by atoms with E-state index in [1.807, 2.05) is 30.3 Å². The molecule has 54 heavy (non-hydrogen) atoms. The maximum atomic E-state index is 15.7. The number of anilines is 3. The molecule has 3 saturated heterocycles. The summed E-state index contributed by atoms with van der Waals surface area (Å²) in [6, 6.07) is 13.8. The molecule has 3 aromatic rings. The molecule has 0 bridgehead atoms. The van der Waals surface area contributed by atoms with Crippen molar-refractivity contribution < 1.29 is 41.1 Å². The van der Waals surface area contributed by atoms with Crippen molar-refractivity contribution in [2.45, 2.75) is 44.3 Å². The van der Waals surface area contributed by atoms with Gasteiger partial charge in [0, 0.05) is 83.5 Å². The van der Waals surface area contributed by atoms with Crippen LogP contribution in [-0.2, 0) is 27.1 Å². The van der Waals surface area contributed by atoms with Crippen molar-refractivity contribution in [1.82, 2.24) is 19.7 Å². The molecule has 3 atom stereocenters. The molecule has 16 heteroatoms. The minimum absolute atomic E-state index is 0.00420. The van der Waals surface area contributed by atoms with Gasteiger partial charge in [-0.15, -0.1) is 0 Å². The zero-order chi connectivity index (χ0) is 38.3. The zero-order valence-electron chi connectivity index (χ0n) is 30.0. The number of hydrogen-bond donors (Lipinski definition) is 0. The van der Waals surface area contributed by atoms with Crippen LogP contribution in [0.15, 0.2) is 60.7 Å². The van der Waals surface area contributed by atoms with Gasteiger partial charge in [0.15, 0.2) is 0 Å². The maximum absolute atomic E-state index is 15.7. The van der Waals surface area contributed by atoms with Crippen molar-refractivity contribution in [3.8, 4) is 0 Å². The predicted molar refractivity (Wildman–Crippen MR) is 190 cm³/mol. The number of fused-ring (bicyclic) bond motifs is 2. The standard InChI is InChI=1S/C38H42F5N7O4/c1-24-15-27(38(41,42)43)17-32(44-24)50-33(51)16-26-19-47(35-30(40)9-6-10-31(35)45(2)36(52)34(26)50)13-11-46-12-14-49(28(18-39)20-46)29-21-48(22-29)37(53)54-23-25-7-4-3-5-8-25/h3-10,15,17,26,28-29,34H,11-14,16,18-23H2,1-2H3/t26-,28+,34+/m1/s1. The molecule has 0 radical (unpaired) electrons. The fraction of sp³-hybridized carbons (Fsp3) is 0.474. The van der Waals surface area contributed by atoms with Gasteiger partial charge in [-0.3, -0.25) is 24.3 Å². The van der Waals surface area contributed by atoms with Crippen LogP contribution in [0.25, 0.3) is 0 Å². The van der Waals surface area contributed by atoms with Crippen LogP contribution >= 0.6 is 0 Å². The molecule has 11 nitrogen and oxygen atoms in total. The lowest BCUT2D eigenvalue weighted by molar-refractivity contribution is -0.137. The molecule has 1 aromatic heterocycles. The monoisotopic (exact) mass is 755 g/mol. The first-order valence-electron chi connectivity index (χ1n) is 18.0. The number of halogens is 5. The van der Waals surface area contributed by atoms with Crippen molar-refractivity contribution in [2.75, 3.05) is 80.8 Å². The lowest BCUT2D eigenvalue weighted by Crippen LogP contribution is -2.67. The summed E-state index contributed by atoms with van der Waals surface area (Å²) in [4.78, 5) is 54.3. The molecule has 0 saturated carbocycles. The number of pyridine rings is 1. The van der Waals surface area contributed by atoms with Crippen LogP contribution in [0.1, 0.15) is 23.2 Å². The van der Waals surface area contributed by atoms with Crippen LogP contribution < -0.4 is 14.7 Å². The number of likely N-dealkylation sites (tertiary alicyclic amines) is 1. The fourth-order valence-corrected chi connectivity index (χ4v) is 8.11. The van der Waals surface area contributed by atoms with E-state index in [-0.39, 0.29) is 55.0 Å². The zero-order valence-corrected chi connectivity index (χ0v) is 30.0.